The summed E-state index contributed by atoms with van der Waals surface area (Å²) in [6, 6.07) is 1.80. The van der Waals surface area contributed by atoms with Crippen LogP contribution in [0.2, 0.25) is 0 Å². The fraction of sp³-hybridized carbons (Fsp3) is 0.571. The van der Waals surface area contributed by atoms with Crippen LogP contribution in [-0.2, 0) is 16.1 Å². The van der Waals surface area contributed by atoms with E-state index in [1.54, 1.807) is 24.0 Å². The molecule has 0 aliphatic rings. The van der Waals surface area contributed by atoms with Crippen molar-refractivity contribution < 1.29 is 14.3 Å². The lowest BCUT2D eigenvalue weighted by Crippen LogP contribution is -2.29. The number of carbonyl (C=O) groups excluding carboxylic acids is 2. The van der Waals surface area contributed by atoms with Crippen molar-refractivity contribution in [3.05, 3.63) is 40.6 Å². The second-order valence-electron chi connectivity index (χ2n) is 6.01. The first-order valence-electron chi connectivity index (χ1n) is 9.98. The maximum absolute atomic E-state index is 11.7. The Morgan fingerprint density at radius 3 is 2.39 bits per heavy atom. The Balaban J connectivity index is 0.000000520. The van der Waals surface area contributed by atoms with E-state index in [1.807, 2.05) is 19.2 Å². The molecule has 0 aliphatic carbocycles. The van der Waals surface area contributed by atoms with E-state index in [0.717, 1.165) is 12.2 Å². The molecule has 0 atom stereocenters. The van der Waals surface area contributed by atoms with Crippen molar-refractivity contribution in [2.75, 3.05) is 6.54 Å². The molecule has 1 amide bonds. The summed E-state index contributed by atoms with van der Waals surface area (Å²) in [6.07, 6.45) is 8.26. The average molecular weight is 410 g/mol. The van der Waals surface area contributed by atoms with Crippen LogP contribution < -0.4 is 5.32 Å². The molecule has 0 unspecified atom stereocenters. The first-order valence-corrected chi connectivity index (χ1v) is 10.9. The first-order chi connectivity index (χ1) is 13.6. The molecule has 6 nitrogen and oxygen atoms in total. The molecule has 0 saturated heterocycles. The van der Waals surface area contributed by atoms with E-state index < -0.39 is 0 Å². The van der Waals surface area contributed by atoms with Gasteiger partial charge < -0.3 is 15.0 Å². The third kappa shape index (κ3) is 12.3. The first kappa shape index (κ1) is 25.9. The largest absolute Gasteiger partial charge is 0.459 e. The summed E-state index contributed by atoms with van der Waals surface area (Å²) in [5, 5.41) is 4.85. The molecular weight excluding hydrogens is 374 g/mol. The van der Waals surface area contributed by atoms with Gasteiger partial charge in [0.1, 0.15) is 6.61 Å². The number of nitrogens with zero attached hydrogens (tertiary/aromatic N) is 1. The molecule has 0 bridgehead atoms. The number of hydrogen-bond donors (Lipinski definition) is 2. The summed E-state index contributed by atoms with van der Waals surface area (Å²) in [6.45, 7) is 10.9. The number of hydrogen-bond acceptors (Lipinski definition) is 5. The molecule has 0 radical (unpaired) electrons. The summed E-state index contributed by atoms with van der Waals surface area (Å²) in [5.74, 6) is 0.379. The van der Waals surface area contributed by atoms with Crippen molar-refractivity contribution in [3.8, 4) is 0 Å². The highest BCUT2D eigenvalue weighted by Crippen LogP contribution is 2.12. The number of nitrogens with one attached hydrogen (secondary N) is 2. The van der Waals surface area contributed by atoms with Gasteiger partial charge in [-0.15, -0.1) is 11.3 Å². The zero-order valence-electron chi connectivity index (χ0n) is 17.8. The Morgan fingerprint density at radius 2 is 1.93 bits per heavy atom. The van der Waals surface area contributed by atoms with E-state index in [-0.39, 0.29) is 11.9 Å². The number of thiazole rings is 1. The van der Waals surface area contributed by atoms with E-state index in [1.165, 1.54) is 43.9 Å². The number of ether oxygens (including phenoxy) is 1. The van der Waals surface area contributed by atoms with Gasteiger partial charge in [-0.3, -0.25) is 9.59 Å². The van der Waals surface area contributed by atoms with Gasteiger partial charge in [-0.25, -0.2) is 4.98 Å². The van der Waals surface area contributed by atoms with Crippen molar-refractivity contribution in [1.29, 1.82) is 0 Å². The summed E-state index contributed by atoms with van der Waals surface area (Å²) in [7, 11) is 0. The minimum atomic E-state index is -0.270. The number of carbonyl (C=O) groups is 2. The maximum Gasteiger partial charge on any atom is 0.303 e. The molecule has 0 fully saturated rings. The molecule has 158 valence electrons. The molecule has 0 aliphatic heterocycles. The van der Waals surface area contributed by atoms with Crippen LogP contribution in [0, 0.1) is 5.92 Å². The SMILES string of the molecule is CC.CC(=O)OCc1cscn1.CCCC(CCC)CNC(=O)c1cc[nH]c1. The van der Waals surface area contributed by atoms with Gasteiger partial charge in [0.25, 0.3) is 5.91 Å². The predicted molar refractivity (Wildman–Crippen MR) is 115 cm³/mol. The molecular formula is C21H35N3O3S. The number of H-pyrrole nitrogens is 1. The van der Waals surface area contributed by atoms with E-state index in [2.05, 4.69) is 29.1 Å². The topological polar surface area (TPSA) is 84.1 Å². The quantitative estimate of drug-likeness (QED) is 0.558. The highest BCUT2D eigenvalue weighted by Gasteiger charge is 2.10. The number of aromatic amines is 1. The summed E-state index contributed by atoms with van der Waals surface area (Å²) in [4.78, 5) is 28.8. The lowest BCUT2D eigenvalue weighted by Gasteiger charge is -2.15. The van der Waals surface area contributed by atoms with Gasteiger partial charge >= 0.3 is 5.97 Å². The lowest BCUT2D eigenvalue weighted by atomic mass is 9.98. The van der Waals surface area contributed by atoms with Crippen LogP contribution >= 0.6 is 11.3 Å². The Labute approximate surface area is 173 Å². The Kier molecular flexibility index (Phi) is 15.7. The zero-order valence-corrected chi connectivity index (χ0v) is 18.6. The number of amides is 1. The van der Waals surface area contributed by atoms with Crippen molar-refractivity contribution >= 4 is 23.2 Å². The number of aromatic nitrogens is 2. The number of rotatable bonds is 9. The van der Waals surface area contributed by atoms with Crippen LogP contribution in [0.3, 0.4) is 0 Å². The van der Waals surface area contributed by atoms with Crippen molar-refractivity contribution in [2.24, 2.45) is 5.92 Å². The van der Waals surface area contributed by atoms with Gasteiger partial charge in [0.2, 0.25) is 0 Å². The molecule has 2 N–H and O–H groups in total. The monoisotopic (exact) mass is 409 g/mol. The fourth-order valence-electron chi connectivity index (χ4n) is 2.45. The Morgan fingerprint density at radius 1 is 1.25 bits per heavy atom. The number of esters is 1. The molecule has 7 heteroatoms. The van der Waals surface area contributed by atoms with Crippen LogP contribution in [0.25, 0.3) is 0 Å². The molecule has 28 heavy (non-hydrogen) atoms. The third-order valence-corrected chi connectivity index (χ3v) is 4.35. The Hall–Kier alpha value is -2.15. The summed E-state index contributed by atoms with van der Waals surface area (Å²) < 4.78 is 4.69. The van der Waals surface area contributed by atoms with Gasteiger partial charge in [0, 0.05) is 31.2 Å². The van der Waals surface area contributed by atoms with Gasteiger partial charge in [-0.1, -0.05) is 40.5 Å². The highest BCUT2D eigenvalue weighted by atomic mass is 32.1. The normalized spacial score (nSPS) is 9.64. The second-order valence-corrected chi connectivity index (χ2v) is 6.73. The zero-order chi connectivity index (χ0) is 21.2. The smallest absolute Gasteiger partial charge is 0.303 e. The fourth-order valence-corrected chi connectivity index (χ4v) is 3.00. The second kappa shape index (κ2) is 17.0. The molecule has 2 aromatic rings. The molecule has 0 saturated carbocycles. The van der Waals surface area contributed by atoms with Crippen molar-refractivity contribution in [3.63, 3.8) is 0 Å². The standard InChI is InChI=1S/C13H22N2O.C6H7NO2S.C2H6/c1-3-5-11(6-4-2)9-15-13(16)12-7-8-14-10-12;1-5(8)9-2-6-3-10-4-7-6;1-2/h7-8,10-11,14H,3-6,9H2,1-2H3,(H,15,16);3-4H,2H2,1H3;1-2H3. The molecule has 2 heterocycles. The molecule has 0 aromatic carbocycles. The minimum absolute atomic E-state index is 0.0263. The van der Waals surface area contributed by atoms with Crippen LogP contribution in [-0.4, -0.2) is 28.4 Å². The van der Waals surface area contributed by atoms with Gasteiger partial charge in [-0.05, 0) is 24.8 Å². The van der Waals surface area contributed by atoms with E-state index in [4.69, 9.17) is 4.74 Å². The van der Waals surface area contributed by atoms with Crippen molar-refractivity contribution in [1.82, 2.24) is 15.3 Å². The maximum atomic E-state index is 11.7. The van der Waals surface area contributed by atoms with Gasteiger partial charge in [0.05, 0.1) is 16.8 Å². The Bertz CT molecular complexity index is 607. The van der Waals surface area contributed by atoms with Gasteiger partial charge in [0.15, 0.2) is 0 Å². The average Bonchev–Trinajstić information content (AvgIpc) is 3.40. The van der Waals surface area contributed by atoms with Crippen molar-refractivity contribution in [2.45, 2.75) is 66.9 Å². The minimum Gasteiger partial charge on any atom is -0.459 e. The van der Waals surface area contributed by atoms with Gasteiger partial charge in [-0.2, -0.15) is 0 Å². The lowest BCUT2D eigenvalue weighted by molar-refractivity contribution is -0.142. The van der Waals surface area contributed by atoms with Crippen LogP contribution in [0.1, 0.15) is 76.4 Å². The van der Waals surface area contributed by atoms with Crippen LogP contribution in [0.4, 0.5) is 0 Å². The third-order valence-electron chi connectivity index (χ3n) is 3.71. The van der Waals surface area contributed by atoms with Crippen LogP contribution in [0.5, 0.6) is 0 Å². The molecule has 2 aromatic heterocycles. The molecule has 2 rings (SSSR count). The summed E-state index contributed by atoms with van der Waals surface area (Å²) in [5.41, 5.74) is 3.23. The molecule has 0 spiro atoms. The summed E-state index contributed by atoms with van der Waals surface area (Å²) >= 11 is 1.49. The van der Waals surface area contributed by atoms with E-state index in [9.17, 15) is 9.59 Å². The van der Waals surface area contributed by atoms with E-state index in [0.29, 0.717) is 18.1 Å². The van der Waals surface area contributed by atoms with Crippen LogP contribution in [0.15, 0.2) is 29.4 Å². The highest BCUT2D eigenvalue weighted by molar-refractivity contribution is 7.07. The predicted octanol–water partition coefficient (Wildman–Crippen LogP) is 5.19. The van der Waals surface area contributed by atoms with E-state index >= 15 is 0 Å².